The number of amides is 2. The van der Waals surface area contributed by atoms with Crippen molar-refractivity contribution in [1.82, 2.24) is 20.1 Å². The molecular weight excluding hydrogens is 439 g/mol. The Balaban J connectivity index is 1.63. The van der Waals surface area contributed by atoms with Crippen molar-refractivity contribution in [3.63, 3.8) is 0 Å². The van der Waals surface area contributed by atoms with Crippen LogP contribution in [0.4, 0.5) is 4.79 Å². The number of aromatic amines is 1. The molecule has 1 aliphatic heterocycles. The first-order chi connectivity index (χ1) is 12.5. The molecule has 3 atom stereocenters. The van der Waals surface area contributed by atoms with Crippen LogP contribution in [-0.4, -0.2) is 59.6 Å². The van der Waals surface area contributed by atoms with E-state index in [2.05, 4.69) is 63.2 Å². The van der Waals surface area contributed by atoms with Crippen LogP contribution in [0.1, 0.15) is 37.3 Å². The third kappa shape index (κ3) is 3.01. The van der Waals surface area contributed by atoms with Crippen molar-refractivity contribution in [2.75, 3.05) is 26.7 Å². The molecule has 26 heavy (non-hydrogen) atoms. The second-order valence-electron chi connectivity index (χ2n) is 7.60. The Kier molecular flexibility index (Phi) is 4.90. The normalized spacial score (nSPS) is 25.2. The summed E-state index contributed by atoms with van der Waals surface area (Å²) in [6.45, 7) is 6.48. The minimum absolute atomic E-state index is 0.0674. The van der Waals surface area contributed by atoms with E-state index in [0.29, 0.717) is 12.0 Å². The van der Waals surface area contributed by atoms with Gasteiger partial charge in [0.2, 0.25) is 0 Å². The van der Waals surface area contributed by atoms with Crippen molar-refractivity contribution in [3.05, 3.63) is 33.0 Å². The summed E-state index contributed by atoms with van der Waals surface area (Å²) in [5.74, 6) is 0.469. The molecule has 0 unspecified atom stereocenters. The van der Waals surface area contributed by atoms with Gasteiger partial charge in [0.1, 0.15) is 0 Å². The number of benzene rings is 1. The lowest BCUT2D eigenvalue weighted by molar-refractivity contribution is 0.124. The van der Waals surface area contributed by atoms with E-state index in [9.17, 15) is 4.79 Å². The Morgan fingerprint density at radius 3 is 2.88 bits per heavy atom. The zero-order chi connectivity index (χ0) is 18.4. The average Bonchev–Trinajstić information content (AvgIpc) is 3.00. The Labute approximate surface area is 168 Å². The summed E-state index contributed by atoms with van der Waals surface area (Å²) in [4.78, 5) is 20.3. The molecule has 1 fully saturated rings. The lowest BCUT2D eigenvalue weighted by atomic mass is 9.74. The largest absolute Gasteiger partial charge is 0.361 e. The van der Waals surface area contributed by atoms with Gasteiger partial charge < -0.3 is 20.1 Å². The number of H-pyrrole nitrogens is 1. The average molecular weight is 466 g/mol. The maximum atomic E-state index is 12.5. The fourth-order valence-electron chi connectivity index (χ4n) is 4.86. The molecule has 1 aliphatic carbocycles. The summed E-state index contributed by atoms with van der Waals surface area (Å²) >= 11 is 2.41. The van der Waals surface area contributed by atoms with Crippen molar-refractivity contribution in [2.24, 2.45) is 0 Å². The predicted octanol–water partition coefficient (Wildman–Crippen LogP) is 3.54. The van der Waals surface area contributed by atoms with Gasteiger partial charge in [0.25, 0.3) is 0 Å². The van der Waals surface area contributed by atoms with Crippen molar-refractivity contribution < 1.29 is 4.79 Å². The van der Waals surface area contributed by atoms with Gasteiger partial charge in [-0.25, -0.2) is 4.79 Å². The monoisotopic (exact) mass is 466 g/mol. The van der Waals surface area contributed by atoms with Crippen LogP contribution >= 0.6 is 22.6 Å². The van der Waals surface area contributed by atoms with Crippen LogP contribution in [0.2, 0.25) is 0 Å². The topological polar surface area (TPSA) is 51.4 Å². The van der Waals surface area contributed by atoms with Crippen LogP contribution in [0, 0.1) is 3.57 Å². The summed E-state index contributed by atoms with van der Waals surface area (Å²) in [6.07, 6.45) is 4.29. The molecule has 0 bridgehead atoms. The van der Waals surface area contributed by atoms with Crippen molar-refractivity contribution in [3.8, 4) is 0 Å². The lowest BCUT2D eigenvalue weighted by Crippen LogP contribution is -2.56. The van der Waals surface area contributed by atoms with E-state index in [0.717, 1.165) is 32.5 Å². The smallest absolute Gasteiger partial charge is 0.317 e. The number of halogens is 1. The molecule has 2 aromatic rings. The molecule has 2 amide bonds. The highest BCUT2D eigenvalue weighted by molar-refractivity contribution is 14.1. The summed E-state index contributed by atoms with van der Waals surface area (Å²) in [5, 5.41) is 4.70. The Bertz CT molecular complexity index is 829. The number of likely N-dealkylation sites (tertiary alicyclic amines) is 1. The van der Waals surface area contributed by atoms with Crippen molar-refractivity contribution in [1.29, 1.82) is 0 Å². The van der Waals surface area contributed by atoms with Crippen LogP contribution < -0.4 is 5.32 Å². The third-order valence-corrected chi connectivity index (χ3v) is 6.76. The highest BCUT2D eigenvalue weighted by Gasteiger charge is 2.40. The molecule has 0 saturated carbocycles. The van der Waals surface area contributed by atoms with Crippen LogP contribution in [0.5, 0.6) is 0 Å². The number of likely N-dealkylation sites (N-methyl/N-ethyl adjacent to an activating group) is 1. The molecule has 2 aliphatic rings. The second kappa shape index (κ2) is 7.03. The molecule has 4 rings (SSSR count). The Hall–Kier alpha value is -1.28. The maximum absolute atomic E-state index is 12.5. The molecule has 1 saturated heterocycles. The Morgan fingerprint density at radius 2 is 2.15 bits per heavy atom. The fourth-order valence-corrected chi connectivity index (χ4v) is 5.50. The van der Waals surface area contributed by atoms with Crippen molar-refractivity contribution in [2.45, 2.75) is 44.7 Å². The number of urea groups is 1. The van der Waals surface area contributed by atoms with E-state index in [1.807, 2.05) is 18.7 Å². The number of carbonyl (C=O) groups is 1. The fraction of sp³-hybridized carbons (Fsp3) is 0.550. The molecule has 0 spiro atoms. The Morgan fingerprint density at radius 1 is 1.38 bits per heavy atom. The van der Waals surface area contributed by atoms with Gasteiger partial charge in [0.15, 0.2) is 0 Å². The van der Waals surface area contributed by atoms with E-state index >= 15 is 0 Å². The number of carbonyl (C=O) groups excluding carboxylic acids is 1. The van der Waals surface area contributed by atoms with E-state index in [1.165, 1.54) is 25.6 Å². The second-order valence-corrected chi connectivity index (χ2v) is 8.85. The lowest BCUT2D eigenvalue weighted by Gasteiger charge is -2.46. The number of rotatable bonds is 3. The first-order valence-corrected chi connectivity index (χ1v) is 10.6. The van der Waals surface area contributed by atoms with Crippen molar-refractivity contribution >= 4 is 39.5 Å². The predicted molar refractivity (Wildman–Crippen MR) is 114 cm³/mol. The zero-order valence-electron chi connectivity index (χ0n) is 15.7. The van der Waals surface area contributed by atoms with Gasteiger partial charge in [0.05, 0.1) is 0 Å². The minimum Gasteiger partial charge on any atom is -0.361 e. The first kappa shape index (κ1) is 18.1. The number of piperidine rings is 1. The molecule has 0 radical (unpaired) electrons. The standard InChI is InChI=1S/C20H27IN4O/c1-4-25(5-2)20(26)23-14-9-15-16-7-13(21)8-17-19(16)12(10-22-17)6-18(15)24(3)11-14/h7-8,10,14-15,18,22H,4-6,9,11H2,1-3H3,(H,23,26)/t14-,15+,18+/m0/s1. The van der Waals surface area contributed by atoms with E-state index in [-0.39, 0.29) is 12.1 Å². The van der Waals surface area contributed by atoms with Gasteiger partial charge in [-0.3, -0.25) is 0 Å². The number of hydrogen-bond acceptors (Lipinski definition) is 2. The SMILES string of the molecule is CCN(CC)C(=O)N[C@H]1C[C@@H]2c3cc(I)cc4[nH]cc(c34)C[C@H]2N(C)C1. The van der Waals surface area contributed by atoms with Gasteiger partial charge in [-0.2, -0.15) is 0 Å². The summed E-state index contributed by atoms with van der Waals surface area (Å²) < 4.78 is 1.27. The number of nitrogens with one attached hydrogen (secondary N) is 2. The molecule has 2 N–H and O–H groups in total. The van der Waals surface area contributed by atoms with Gasteiger partial charge in [0, 0.05) is 58.3 Å². The number of hydrogen-bond donors (Lipinski definition) is 2. The molecule has 6 heteroatoms. The maximum Gasteiger partial charge on any atom is 0.317 e. The zero-order valence-corrected chi connectivity index (χ0v) is 17.8. The molecular formula is C20H27IN4O. The molecule has 2 heterocycles. The number of fused-ring (bicyclic) bond motifs is 2. The van der Waals surface area contributed by atoms with E-state index in [4.69, 9.17) is 0 Å². The first-order valence-electron chi connectivity index (χ1n) is 9.56. The van der Waals surface area contributed by atoms with Crippen LogP contribution in [-0.2, 0) is 6.42 Å². The highest BCUT2D eigenvalue weighted by atomic mass is 127. The number of nitrogens with zero attached hydrogens (tertiary/aromatic N) is 2. The molecule has 1 aromatic heterocycles. The van der Waals surface area contributed by atoms with Crippen LogP contribution in [0.15, 0.2) is 18.3 Å². The summed E-state index contributed by atoms with van der Waals surface area (Å²) in [5.41, 5.74) is 4.13. The van der Waals surface area contributed by atoms with Gasteiger partial charge in [-0.1, -0.05) is 0 Å². The van der Waals surface area contributed by atoms with Crippen LogP contribution in [0.25, 0.3) is 10.9 Å². The van der Waals surface area contributed by atoms with Gasteiger partial charge in [-0.05, 0) is 79.6 Å². The third-order valence-electron chi connectivity index (χ3n) is 6.14. The molecule has 140 valence electrons. The van der Waals surface area contributed by atoms with Crippen LogP contribution in [0.3, 0.4) is 0 Å². The molecule has 1 aromatic carbocycles. The highest BCUT2D eigenvalue weighted by Crippen LogP contribution is 2.43. The van der Waals surface area contributed by atoms with E-state index < -0.39 is 0 Å². The summed E-state index contributed by atoms with van der Waals surface area (Å²) in [6, 6.07) is 5.36. The number of aromatic nitrogens is 1. The van der Waals surface area contributed by atoms with Gasteiger partial charge in [-0.15, -0.1) is 0 Å². The van der Waals surface area contributed by atoms with Gasteiger partial charge >= 0.3 is 6.03 Å². The van der Waals surface area contributed by atoms with E-state index in [1.54, 1.807) is 0 Å². The minimum atomic E-state index is 0.0674. The quantitative estimate of drug-likeness (QED) is 0.681. The summed E-state index contributed by atoms with van der Waals surface area (Å²) in [7, 11) is 2.20. The molecule has 5 nitrogen and oxygen atoms in total.